The molecule has 0 aliphatic heterocycles. The van der Waals surface area contributed by atoms with Crippen molar-refractivity contribution < 1.29 is 12.0 Å². The van der Waals surface area contributed by atoms with Gasteiger partial charge in [-0.1, -0.05) is 118 Å². The Bertz CT molecular complexity index is 1270. The zero-order chi connectivity index (χ0) is 30.3. The van der Waals surface area contributed by atoms with Crippen LogP contribution in [0.4, 0.5) is 0 Å². The second kappa shape index (κ2) is 11.5. The quantitative estimate of drug-likeness (QED) is 0.285. The summed E-state index contributed by atoms with van der Waals surface area (Å²) < 4.78 is 35.2. The van der Waals surface area contributed by atoms with Crippen molar-refractivity contribution in [2.45, 2.75) is 131 Å². The Hall–Kier alpha value is -2.08. The van der Waals surface area contributed by atoms with Crippen molar-refractivity contribution in [3.05, 3.63) is 89.5 Å². The minimum absolute atomic E-state index is 0.0196. The molecule has 1 aliphatic carbocycles. The van der Waals surface area contributed by atoms with E-state index in [2.05, 4.69) is 135 Å². The van der Waals surface area contributed by atoms with Crippen LogP contribution in [0.5, 0.6) is 0 Å². The van der Waals surface area contributed by atoms with Gasteiger partial charge in [0, 0.05) is 14.7 Å². The van der Waals surface area contributed by atoms with Crippen molar-refractivity contribution in [3.63, 3.8) is 0 Å². The Kier molecular flexibility index (Phi) is 8.97. The molecule has 224 valence electrons. The highest BCUT2D eigenvalue weighted by Gasteiger charge is 2.41. The van der Waals surface area contributed by atoms with E-state index in [1.165, 1.54) is 16.7 Å². The summed E-state index contributed by atoms with van der Waals surface area (Å²) in [7, 11) is -6.48. The molecule has 5 heteroatoms. The van der Waals surface area contributed by atoms with Gasteiger partial charge in [0.15, 0.2) is 0 Å². The van der Waals surface area contributed by atoms with Gasteiger partial charge in [-0.3, -0.25) is 0 Å². The summed E-state index contributed by atoms with van der Waals surface area (Å²) in [4.78, 5) is 2.70. The van der Waals surface area contributed by atoms with Gasteiger partial charge in [0.2, 0.25) is 0 Å². The van der Waals surface area contributed by atoms with Crippen LogP contribution in [0.25, 0.3) is 0 Å². The minimum Gasteiger partial charge on any atom is -0.206 e. The van der Waals surface area contributed by atoms with Crippen LogP contribution < -0.4 is 0 Å². The lowest BCUT2D eigenvalue weighted by molar-refractivity contribution is 0.441. The fourth-order valence-corrected chi connectivity index (χ4v) is 11.3. The third-order valence-corrected chi connectivity index (χ3v) is 14.0. The predicted molar refractivity (Wildman–Crippen MR) is 175 cm³/mol. The molecule has 41 heavy (non-hydrogen) atoms. The predicted octanol–water partition coefficient (Wildman–Crippen LogP) is 10.5. The van der Waals surface area contributed by atoms with Crippen LogP contribution in [0.2, 0.25) is 0 Å². The lowest BCUT2D eigenvalue weighted by Crippen LogP contribution is -2.27. The molecule has 0 radical (unpaired) electrons. The second-order valence-corrected chi connectivity index (χ2v) is 19.4. The number of hydrogen-bond acceptors (Lipinski definition) is 3. The van der Waals surface area contributed by atoms with Crippen LogP contribution in [0.15, 0.2) is 87.5 Å². The van der Waals surface area contributed by atoms with Gasteiger partial charge < -0.3 is 0 Å². The Morgan fingerprint density at radius 1 is 0.512 bits per heavy atom. The first kappa shape index (κ1) is 31.8. The molecule has 0 N–H and O–H groups in total. The molecule has 1 aliphatic rings. The van der Waals surface area contributed by atoms with Crippen molar-refractivity contribution in [1.82, 2.24) is 0 Å². The fraction of sp³-hybridized carbons (Fsp3) is 0.500. The zero-order valence-corrected chi connectivity index (χ0v) is 28.2. The van der Waals surface area contributed by atoms with Crippen molar-refractivity contribution in [2.75, 3.05) is 0 Å². The van der Waals surface area contributed by atoms with E-state index in [0.717, 1.165) is 33.9 Å². The van der Waals surface area contributed by atoms with E-state index in [9.17, 15) is 8.42 Å². The molecule has 0 bridgehead atoms. The van der Waals surface area contributed by atoms with Crippen molar-refractivity contribution in [1.29, 1.82) is 0 Å². The average Bonchev–Trinajstić information content (AvgIpc) is 2.91. The van der Waals surface area contributed by atoms with E-state index in [1.54, 1.807) is 0 Å². The Labute approximate surface area is 251 Å². The average molecular weight is 595 g/mol. The Morgan fingerprint density at radius 3 is 1.07 bits per heavy atom. The molecule has 0 amide bonds. The normalized spacial score (nSPS) is 16.5. The Morgan fingerprint density at radius 2 is 0.805 bits per heavy atom. The summed E-state index contributed by atoms with van der Waals surface area (Å²) in [5.74, 6) is 0. The smallest absolute Gasteiger partial charge is 0.206 e. The molecule has 1 saturated carbocycles. The van der Waals surface area contributed by atoms with Crippen LogP contribution in [0, 0.1) is 0 Å². The van der Waals surface area contributed by atoms with Crippen LogP contribution in [0.3, 0.4) is 0 Å². The summed E-state index contributed by atoms with van der Waals surface area (Å²) in [6.07, 6.45) is 4.26. The minimum atomic E-state index is -3.86. The SMILES string of the molecule is CC(C)(C)c1ccc(S(OS(=O)(=O)C2CCCCC2)(c2ccc(C(C)(C)C)cc2)c2ccc(C(C)(C)C)cc2)cc1. The van der Waals surface area contributed by atoms with Crippen LogP contribution in [-0.2, 0) is 30.0 Å². The molecular weight excluding hydrogens is 545 g/mol. The van der Waals surface area contributed by atoms with Crippen molar-refractivity contribution in [3.8, 4) is 0 Å². The van der Waals surface area contributed by atoms with E-state index < -0.39 is 25.7 Å². The molecule has 0 heterocycles. The standard InChI is InChI=1S/C36H50O3S2/c1-34(2,3)27-15-21-30(22-16-27)40(31-23-17-28(18-24-31)35(4,5)6,32-25-19-29(20-26-32)36(7,8)9)39-41(37,38)33-13-11-10-12-14-33/h15-26,33H,10-14H2,1-9H3. The van der Waals surface area contributed by atoms with E-state index >= 15 is 0 Å². The van der Waals surface area contributed by atoms with E-state index in [4.69, 9.17) is 3.63 Å². The van der Waals surface area contributed by atoms with Gasteiger partial charge in [-0.25, -0.2) is 3.63 Å². The lowest BCUT2D eigenvalue weighted by Gasteiger charge is -2.41. The van der Waals surface area contributed by atoms with Gasteiger partial charge in [-0.05, 0) is 92.5 Å². The summed E-state index contributed by atoms with van der Waals surface area (Å²) in [6.45, 7) is 19.8. The summed E-state index contributed by atoms with van der Waals surface area (Å²) in [5, 5.41) is -0.473. The monoisotopic (exact) mass is 594 g/mol. The maximum Gasteiger partial charge on any atom is 0.280 e. The summed E-state index contributed by atoms with van der Waals surface area (Å²) >= 11 is 0. The molecule has 0 aromatic heterocycles. The van der Waals surface area contributed by atoms with Gasteiger partial charge >= 0.3 is 0 Å². The molecule has 1 fully saturated rings. The summed E-state index contributed by atoms with van der Waals surface area (Å²) in [6, 6.07) is 25.4. The first-order chi connectivity index (χ1) is 18.9. The third kappa shape index (κ3) is 6.95. The van der Waals surface area contributed by atoms with E-state index in [-0.39, 0.29) is 16.2 Å². The maximum atomic E-state index is 14.2. The van der Waals surface area contributed by atoms with Gasteiger partial charge in [-0.2, -0.15) is 8.42 Å². The first-order valence-corrected chi connectivity index (χ1v) is 18.1. The Balaban J connectivity index is 2.00. The number of hydrogen-bond donors (Lipinski definition) is 0. The molecule has 3 nitrogen and oxygen atoms in total. The fourth-order valence-electron chi connectivity index (χ4n) is 5.52. The van der Waals surface area contributed by atoms with Crippen molar-refractivity contribution in [2.24, 2.45) is 0 Å². The molecule has 3 aromatic carbocycles. The van der Waals surface area contributed by atoms with Crippen LogP contribution >= 0.6 is 10.3 Å². The second-order valence-electron chi connectivity index (χ2n) is 14.7. The molecule has 0 atom stereocenters. The van der Waals surface area contributed by atoms with E-state index in [0.29, 0.717) is 12.8 Å². The van der Waals surface area contributed by atoms with Gasteiger partial charge in [0.25, 0.3) is 10.1 Å². The molecule has 0 spiro atoms. The zero-order valence-electron chi connectivity index (χ0n) is 26.6. The highest BCUT2D eigenvalue weighted by atomic mass is 32.3. The topological polar surface area (TPSA) is 43.4 Å². The van der Waals surface area contributed by atoms with Gasteiger partial charge in [0.1, 0.15) is 0 Å². The highest BCUT2D eigenvalue weighted by Crippen LogP contribution is 2.70. The molecule has 4 rings (SSSR count). The lowest BCUT2D eigenvalue weighted by atomic mass is 9.87. The van der Waals surface area contributed by atoms with Crippen molar-refractivity contribution >= 4 is 20.4 Å². The largest absolute Gasteiger partial charge is 0.280 e. The summed E-state index contributed by atoms with van der Waals surface area (Å²) in [5.41, 5.74) is 3.55. The van der Waals surface area contributed by atoms with Crippen LogP contribution in [0.1, 0.15) is 111 Å². The number of rotatable bonds is 6. The maximum absolute atomic E-state index is 14.2. The molecule has 0 unspecified atom stereocenters. The molecule has 0 saturated heterocycles. The number of benzene rings is 3. The third-order valence-electron chi connectivity index (χ3n) is 8.31. The first-order valence-electron chi connectivity index (χ1n) is 15.0. The molecule has 3 aromatic rings. The highest BCUT2D eigenvalue weighted by molar-refractivity contribution is 8.33. The van der Waals surface area contributed by atoms with Gasteiger partial charge in [-0.15, -0.1) is 0 Å². The van der Waals surface area contributed by atoms with Crippen LogP contribution in [-0.4, -0.2) is 13.7 Å². The van der Waals surface area contributed by atoms with E-state index in [1.807, 2.05) is 0 Å². The van der Waals surface area contributed by atoms with Gasteiger partial charge in [0.05, 0.1) is 5.25 Å². The molecular formula is C36H50O3S2.